The Morgan fingerprint density at radius 1 is 1.11 bits per heavy atom. The molecule has 0 spiro atoms. The smallest absolute Gasteiger partial charge is 0.269 e. The molecule has 0 radical (unpaired) electrons. The van der Waals surface area contributed by atoms with Gasteiger partial charge < -0.3 is 14.4 Å². The van der Waals surface area contributed by atoms with Crippen molar-refractivity contribution in [1.29, 1.82) is 0 Å². The van der Waals surface area contributed by atoms with Gasteiger partial charge in [-0.15, -0.1) is 0 Å². The van der Waals surface area contributed by atoms with Crippen LogP contribution in [0.15, 0.2) is 53.4 Å². The second kappa shape index (κ2) is 9.39. The Bertz CT molecular complexity index is 1680. The summed E-state index contributed by atoms with van der Waals surface area (Å²) in [7, 11) is -0.957. The Balaban J connectivity index is 1.70. The van der Waals surface area contributed by atoms with Crippen molar-refractivity contribution in [1.82, 2.24) is 13.9 Å². The SMILES string of the molecule is Cc1ccc(S(=O)(=O)n2c(C)nc3c(O[C@H]4CCOc5cc(F)cc(F)c54)cc(C(=O)N(C)C)cc32)cc1. The minimum Gasteiger partial charge on any atom is -0.493 e. The number of nitrogens with zero attached hydrogens (tertiary/aromatic N) is 3. The van der Waals surface area contributed by atoms with Crippen molar-refractivity contribution in [2.24, 2.45) is 0 Å². The van der Waals surface area contributed by atoms with Crippen LogP contribution in [-0.2, 0) is 10.0 Å². The van der Waals surface area contributed by atoms with Crippen LogP contribution in [0.1, 0.15) is 39.8 Å². The molecule has 11 heteroatoms. The largest absolute Gasteiger partial charge is 0.493 e. The predicted molar refractivity (Wildman–Crippen MR) is 136 cm³/mol. The average Bonchev–Trinajstić information content (AvgIpc) is 3.20. The standard InChI is InChI=1S/C27H25F2N3O5S/c1-15-5-7-19(8-6-15)38(34,35)32-16(2)30-26-21(32)11-17(27(33)31(3)4)12-24(26)37-22-9-10-36-23-14-18(28)13-20(29)25(22)23/h5-8,11-14,22H,9-10H2,1-4H3/t22-/m0/s1. The molecule has 1 aliphatic heterocycles. The Morgan fingerprint density at radius 3 is 2.50 bits per heavy atom. The number of hydrogen-bond acceptors (Lipinski definition) is 6. The first-order chi connectivity index (χ1) is 18.0. The Morgan fingerprint density at radius 2 is 1.82 bits per heavy atom. The van der Waals surface area contributed by atoms with Gasteiger partial charge in [0.2, 0.25) is 0 Å². The molecular formula is C27H25F2N3O5S. The summed E-state index contributed by atoms with van der Waals surface area (Å²) in [6.07, 6.45) is -0.643. The lowest BCUT2D eigenvalue weighted by Crippen LogP contribution is -2.23. The van der Waals surface area contributed by atoms with Gasteiger partial charge in [-0.2, -0.15) is 0 Å². The van der Waals surface area contributed by atoms with Gasteiger partial charge in [0, 0.05) is 38.2 Å². The molecule has 198 valence electrons. The van der Waals surface area contributed by atoms with E-state index in [1.807, 2.05) is 6.92 Å². The number of hydrogen-bond donors (Lipinski definition) is 0. The van der Waals surface area contributed by atoms with Gasteiger partial charge in [-0.05, 0) is 38.1 Å². The van der Waals surface area contributed by atoms with Crippen LogP contribution in [0.3, 0.4) is 0 Å². The summed E-state index contributed by atoms with van der Waals surface area (Å²) in [5, 5.41) is 0. The number of benzene rings is 3. The topological polar surface area (TPSA) is 90.7 Å². The fourth-order valence-corrected chi connectivity index (χ4v) is 5.99. The summed E-state index contributed by atoms with van der Waals surface area (Å²) in [6, 6.07) is 11.1. The van der Waals surface area contributed by atoms with Crippen LogP contribution in [0, 0.1) is 25.5 Å². The molecule has 0 unspecified atom stereocenters. The molecule has 1 amide bonds. The van der Waals surface area contributed by atoms with Crippen molar-refractivity contribution in [3.05, 3.63) is 82.7 Å². The minimum atomic E-state index is -4.09. The zero-order chi connectivity index (χ0) is 27.4. The molecule has 0 fully saturated rings. The molecule has 2 heterocycles. The average molecular weight is 542 g/mol. The second-order valence-corrected chi connectivity index (χ2v) is 11.1. The molecule has 3 aromatic carbocycles. The normalized spacial score (nSPS) is 15.2. The van der Waals surface area contributed by atoms with Gasteiger partial charge in [0.05, 0.1) is 22.6 Å². The molecule has 0 bridgehead atoms. The van der Waals surface area contributed by atoms with E-state index in [1.165, 1.54) is 36.1 Å². The van der Waals surface area contributed by atoms with Crippen LogP contribution in [0.4, 0.5) is 8.78 Å². The number of aromatic nitrogens is 2. The molecule has 0 N–H and O–H groups in total. The van der Waals surface area contributed by atoms with Crippen LogP contribution >= 0.6 is 0 Å². The molecule has 5 rings (SSSR count). The highest BCUT2D eigenvalue weighted by Gasteiger charge is 2.31. The summed E-state index contributed by atoms with van der Waals surface area (Å²) in [5.41, 5.74) is 1.42. The van der Waals surface area contributed by atoms with Crippen molar-refractivity contribution in [3.63, 3.8) is 0 Å². The van der Waals surface area contributed by atoms with Crippen LogP contribution in [-0.4, -0.2) is 48.9 Å². The molecule has 1 atom stereocenters. The molecule has 1 aliphatic rings. The number of amides is 1. The number of fused-ring (bicyclic) bond motifs is 2. The lowest BCUT2D eigenvalue weighted by Gasteiger charge is -2.27. The first kappa shape index (κ1) is 25.7. The second-order valence-electron chi connectivity index (χ2n) is 9.33. The third-order valence-electron chi connectivity index (χ3n) is 6.34. The Hall–Kier alpha value is -3.99. The molecule has 0 saturated carbocycles. The highest BCUT2D eigenvalue weighted by atomic mass is 32.2. The number of carbonyl (C=O) groups is 1. The number of carbonyl (C=O) groups excluding carboxylic acids is 1. The van der Waals surface area contributed by atoms with Crippen LogP contribution in [0.25, 0.3) is 11.0 Å². The Labute approximate surface area is 218 Å². The third-order valence-corrected chi connectivity index (χ3v) is 8.15. The van der Waals surface area contributed by atoms with E-state index in [0.717, 1.165) is 21.7 Å². The third kappa shape index (κ3) is 4.36. The highest BCUT2D eigenvalue weighted by molar-refractivity contribution is 7.90. The van der Waals surface area contributed by atoms with E-state index in [0.29, 0.717) is 0 Å². The number of halogens is 2. The van der Waals surface area contributed by atoms with Gasteiger partial charge in [-0.3, -0.25) is 4.79 Å². The lowest BCUT2D eigenvalue weighted by atomic mass is 10.0. The van der Waals surface area contributed by atoms with Gasteiger partial charge in [-0.1, -0.05) is 17.7 Å². The van der Waals surface area contributed by atoms with Gasteiger partial charge >= 0.3 is 0 Å². The molecular weight excluding hydrogens is 516 g/mol. The zero-order valence-corrected chi connectivity index (χ0v) is 22.0. The summed E-state index contributed by atoms with van der Waals surface area (Å²) < 4.78 is 68.7. The maximum absolute atomic E-state index is 14.8. The number of rotatable bonds is 5. The first-order valence-electron chi connectivity index (χ1n) is 11.8. The van der Waals surface area contributed by atoms with Gasteiger partial charge in [0.1, 0.15) is 40.6 Å². The van der Waals surface area contributed by atoms with Gasteiger partial charge in [-0.25, -0.2) is 26.2 Å². The summed E-state index contributed by atoms with van der Waals surface area (Å²) in [6.45, 7) is 3.53. The fraction of sp³-hybridized carbons (Fsp3) is 0.259. The fourth-order valence-electron chi connectivity index (χ4n) is 4.52. The van der Waals surface area contributed by atoms with Crippen molar-refractivity contribution in [2.45, 2.75) is 31.3 Å². The molecule has 38 heavy (non-hydrogen) atoms. The number of imidazole rings is 1. The lowest BCUT2D eigenvalue weighted by molar-refractivity contribution is 0.0826. The maximum atomic E-state index is 14.8. The predicted octanol–water partition coefficient (Wildman–Crippen LogP) is 4.77. The van der Waals surface area contributed by atoms with Crippen LogP contribution < -0.4 is 9.47 Å². The molecule has 4 aromatic rings. The highest BCUT2D eigenvalue weighted by Crippen LogP contribution is 2.40. The van der Waals surface area contributed by atoms with E-state index in [-0.39, 0.29) is 57.4 Å². The van der Waals surface area contributed by atoms with Crippen molar-refractivity contribution in [3.8, 4) is 11.5 Å². The first-order valence-corrected chi connectivity index (χ1v) is 13.3. The summed E-state index contributed by atoms with van der Waals surface area (Å²) >= 11 is 0. The zero-order valence-electron chi connectivity index (χ0n) is 21.2. The van der Waals surface area contributed by atoms with Crippen molar-refractivity contribution >= 4 is 27.0 Å². The van der Waals surface area contributed by atoms with E-state index in [9.17, 15) is 22.0 Å². The Kier molecular flexibility index (Phi) is 6.34. The van der Waals surface area contributed by atoms with E-state index < -0.39 is 33.7 Å². The molecule has 0 aliphatic carbocycles. The molecule has 1 aromatic heterocycles. The molecule has 8 nitrogen and oxygen atoms in total. The summed E-state index contributed by atoms with van der Waals surface area (Å²) in [4.78, 5) is 18.8. The maximum Gasteiger partial charge on any atom is 0.269 e. The van der Waals surface area contributed by atoms with Crippen LogP contribution in [0.5, 0.6) is 11.5 Å². The van der Waals surface area contributed by atoms with Gasteiger partial charge in [0.25, 0.3) is 15.9 Å². The molecule has 0 saturated heterocycles. The minimum absolute atomic E-state index is 0.0270. The number of ether oxygens (including phenoxy) is 2. The quantitative estimate of drug-likeness (QED) is 0.362. The van der Waals surface area contributed by atoms with E-state index in [2.05, 4.69) is 4.98 Å². The van der Waals surface area contributed by atoms with Crippen LogP contribution in [0.2, 0.25) is 0 Å². The van der Waals surface area contributed by atoms with Crippen molar-refractivity contribution < 1.29 is 31.5 Å². The number of aryl methyl sites for hydroxylation is 2. The monoisotopic (exact) mass is 541 g/mol. The van der Waals surface area contributed by atoms with E-state index >= 15 is 0 Å². The van der Waals surface area contributed by atoms with E-state index in [1.54, 1.807) is 26.2 Å². The van der Waals surface area contributed by atoms with Gasteiger partial charge in [0.15, 0.2) is 0 Å². The van der Waals surface area contributed by atoms with E-state index in [4.69, 9.17) is 9.47 Å². The summed E-state index contributed by atoms with van der Waals surface area (Å²) in [5.74, 6) is -1.73. The van der Waals surface area contributed by atoms with Crippen molar-refractivity contribution in [2.75, 3.05) is 20.7 Å².